The van der Waals surface area contributed by atoms with Crippen LogP contribution in [-0.4, -0.2) is 0 Å². The minimum absolute atomic E-state index is 0.0693. The SMILES string of the molecule is CC1(C)c2ccccc2-c2ccc(-c3cc4c5c(sc4cc3-c3ccc(N(c4ccc(-c6ccccc6)cc4)c4ccc(-c6ccccc6)cc4)cc3)CCC=C5)cc21. The van der Waals surface area contributed by atoms with Gasteiger partial charge in [0.25, 0.3) is 0 Å². The first kappa shape index (κ1) is 35.4. The van der Waals surface area contributed by atoms with Crippen LogP contribution < -0.4 is 4.90 Å². The lowest BCUT2D eigenvalue weighted by Gasteiger charge is -2.26. The van der Waals surface area contributed by atoms with E-state index in [-0.39, 0.29) is 5.41 Å². The van der Waals surface area contributed by atoms with E-state index in [1.807, 2.05) is 11.3 Å². The Hall–Kier alpha value is -6.74. The van der Waals surface area contributed by atoms with E-state index in [0.717, 1.165) is 29.9 Å². The Balaban J connectivity index is 1.03. The van der Waals surface area contributed by atoms with Crippen molar-refractivity contribution in [1.82, 2.24) is 0 Å². The summed E-state index contributed by atoms with van der Waals surface area (Å²) in [5.74, 6) is 0. The van der Waals surface area contributed by atoms with Crippen molar-refractivity contribution >= 4 is 44.6 Å². The van der Waals surface area contributed by atoms with Crippen molar-refractivity contribution in [1.29, 1.82) is 0 Å². The molecule has 9 aromatic rings. The molecule has 2 aliphatic rings. The van der Waals surface area contributed by atoms with E-state index in [4.69, 9.17) is 0 Å². The number of fused-ring (bicyclic) bond motifs is 6. The van der Waals surface area contributed by atoms with E-state index >= 15 is 0 Å². The molecular formula is C57H43NS. The van der Waals surface area contributed by atoms with Gasteiger partial charge in [0.15, 0.2) is 0 Å². The molecule has 0 saturated carbocycles. The quantitative estimate of drug-likeness (QED) is 0.156. The van der Waals surface area contributed by atoms with Gasteiger partial charge in [-0.25, -0.2) is 0 Å². The number of aryl methyl sites for hydroxylation is 1. The molecule has 59 heavy (non-hydrogen) atoms. The molecule has 1 nitrogen and oxygen atoms in total. The van der Waals surface area contributed by atoms with Gasteiger partial charge in [-0.15, -0.1) is 11.3 Å². The van der Waals surface area contributed by atoms with Crippen LogP contribution in [0.3, 0.4) is 0 Å². The number of hydrogen-bond acceptors (Lipinski definition) is 2. The van der Waals surface area contributed by atoms with Crippen LogP contribution in [-0.2, 0) is 11.8 Å². The number of benzene rings is 8. The third kappa shape index (κ3) is 6.15. The van der Waals surface area contributed by atoms with Crippen molar-refractivity contribution in [3.8, 4) is 55.6 Å². The molecule has 282 valence electrons. The molecule has 0 saturated heterocycles. The zero-order valence-electron chi connectivity index (χ0n) is 33.3. The van der Waals surface area contributed by atoms with Crippen molar-refractivity contribution in [2.75, 3.05) is 4.90 Å². The standard InChI is InChI=1S/C57H43NS/c1-57(2)53-19-11-9-17-47(53)48-34-27-43(35-54(48)57)50-36-52-49-18-10-12-20-55(49)59-56(52)37-51(50)42-25-32-46(33-26-42)58(44-28-21-40(22-29-44)38-13-5-3-6-14-38)45-30-23-41(24-31-45)39-15-7-4-8-16-39/h3-11,13-19,21-37H,12,20H2,1-2H3. The van der Waals surface area contributed by atoms with Crippen molar-refractivity contribution in [3.05, 3.63) is 216 Å². The van der Waals surface area contributed by atoms with E-state index in [9.17, 15) is 0 Å². The predicted octanol–water partition coefficient (Wildman–Crippen LogP) is 16.3. The molecule has 1 aromatic heterocycles. The maximum absolute atomic E-state index is 2.48. The Morgan fingerprint density at radius 1 is 0.441 bits per heavy atom. The van der Waals surface area contributed by atoms with Gasteiger partial charge in [-0.2, -0.15) is 0 Å². The molecular weight excluding hydrogens is 731 g/mol. The molecule has 0 unspecified atom stereocenters. The largest absolute Gasteiger partial charge is 0.311 e. The molecule has 0 atom stereocenters. The summed E-state index contributed by atoms with van der Waals surface area (Å²) in [5.41, 5.74) is 20.1. The summed E-state index contributed by atoms with van der Waals surface area (Å²) < 4.78 is 1.36. The van der Waals surface area contributed by atoms with E-state index in [1.165, 1.54) is 87.3 Å². The highest BCUT2D eigenvalue weighted by atomic mass is 32.1. The fourth-order valence-electron chi connectivity index (χ4n) is 9.45. The van der Waals surface area contributed by atoms with Gasteiger partial charge >= 0.3 is 0 Å². The molecule has 0 fully saturated rings. The van der Waals surface area contributed by atoms with Gasteiger partial charge in [0.2, 0.25) is 0 Å². The molecule has 0 aliphatic heterocycles. The first-order valence-electron chi connectivity index (χ1n) is 20.7. The molecule has 0 radical (unpaired) electrons. The van der Waals surface area contributed by atoms with Gasteiger partial charge in [-0.3, -0.25) is 0 Å². The van der Waals surface area contributed by atoms with E-state index < -0.39 is 0 Å². The second kappa shape index (κ2) is 14.3. The van der Waals surface area contributed by atoms with E-state index in [0.29, 0.717) is 0 Å². The van der Waals surface area contributed by atoms with E-state index in [2.05, 4.69) is 219 Å². The molecule has 0 bridgehead atoms. The second-order valence-corrected chi connectivity index (χ2v) is 17.5. The summed E-state index contributed by atoms with van der Waals surface area (Å²) >= 11 is 1.97. The lowest BCUT2D eigenvalue weighted by atomic mass is 9.81. The van der Waals surface area contributed by atoms with Crippen LogP contribution in [0.1, 0.15) is 41.8 Å². The van der Waals surface area contributed by atoms with Crippen LogP contribution in [0.4, 0.5) is 17.1 Å². The number of thiophene rings is 1. The summed E-state index contributed by atoms with van der Waals surface area (Å²) in [6.45, 7) is 4.75. The highest BCUT2D eigenvalue weighted by Gasteiger charge is 2.35. The van der Waals surface area contributed by atoms with Crippen LogP contribution in [0, 0.1) is 0 Å². The van der Waals surface area contributed by atoms with Crippen LogP contribution in [0.15, 0.2) is 194 Å². The predicted molar refractivity (Wildman–Crippen MR) is 253 cm³/mol. The van der Waals surface area contributed by atoms with Crippen molar-refractivity contribution < 1.29 is 0 Å². The van der Waals surface area contributed by atoms with Crippen LogP contribution in [0.25, 0.3) is 71.8 Å². The fraction of sp³-hybridized carbons (Fsp3) is 0.0877. The van der Waals surface area contributed by atoms with Crippen molar-refractivity contribution in [2.24, 2.45) is 0 Å². The Morgan fingerprint density at radius 3 is 1.58 bits per heavy atom. The highest BCUT2D eigenvalue weighted by molar-refractivity contribution is 7.19. The number of hydrogen-bond donors (Lipinski definition) is 0. The smallest absolute Gasteiger partial charge is 0.0462 e. The van der Waals surface area contributed by atoms with Gasteiger partial charge < -0.3 is 4.90 Å². The third-order valence-electron chi connectivity index (χ3n) is 12.6. The zero-order valence-corrected chi connectivity index (χ0v) is 34.1. The monoisotopic (exact) mass is 773 g/mol. The lowest BCUT2D eigenvalue weighted by molar-refractivity contribution is 0.660. The first-order valence-corrected chi connectivity index (χ1v) is 21.5. The summed E-state index contributed by atoms with van der Waals surface area (Å²) in [6, 6.07) is 69.4. The van der Waals surface area contributed by atoms with Gasteiger partial charge in [-0.05, 0) is 140 Å². The van der Waals surface area contributed by atoms with Crippen LogP contribution in [0.5, 0.6) is 0 Å². The van der Waals surface area contributed by atoms with Crippen LogP contribution >= 0.6 is 11.3 Å². The van der Waals surface area contributed by atoms with Crippen molar-refractivity contribution in [3.63, 3.8) is 0 Å². The summed E-state index contributed by atoms with van der Waals surface area (Å²) in [7, 11) is 0. The minimum atomic E-state index is -0.0693. The molecule has 2 heteroatoms. The number of anilines is 3. The molecule has 11 rings (SSSR count). The lowest BCUT2D eigenvalue weighted by Crippen LogP contribution is -2.14. The van der Waals surface area contributed by atoms with Gasteiger partial charge in [0.05, 0.1) is 0 Å². The van der Waals surface area contributed by atoms with Crippen molar-refractivity contribution in [2.45, 2.75) is 32.1 Å². The maximum atomic E-state index is 2.48. The van der Waals surface area contributed by atoms with Crippen LogP contribution in [0.2, 0.25) is 0 Å². The number of rotatable bonds is 7. The summed E-state index contributed by atoms with van der Waals surface area (Å²) in [5, 5.41) is 1.36. The van der Waals surface area contributed by atoms with E-state index in [1.54, 1.807) is 0 Å². The Labute approximate surface area is 351 Å². The summed E-state index contributed by atoms with van der Waals surface area (Å²) in [4.78, 5) is 3.87. The Bertz CT molecular complexity index is 2940. The Kier molecular flexibility index (Phi) is 8.57. The number of allylic oxidation sites excluding steroid dienone is 1. The Morgan fingerprint density at radius 2 is 0.949 bits per heavy atom. The fourth-order valence-corrected chi connectivity index (χ4v) is 10.7. The third-order valence-corrected chi connectivity index (χ3v) is 13.8. The molecule has 0 N–H and O–H groups in total. The average Bonchev–Trinajstić information content (AvgIpc) is 3.78. The molecule has 1 heterocycles. The maximum Gasteiger partial charge on any atom is 0.0462 e. The molecule has 8 aromatic carbocycles. The van der Waals surface area contributed by atoms with Gasteiger partial charge in [-0.1, -0.05) is 159 Å². The molecule has 0 amide bonds. The topological polar surface area (TPSA) is 3.24 Å². The number of nitrogens with zero attached hydrogens (tertiary/aromatic N) is 1. The zero-order chi connectivity index (χ0) is 39.5. The normalized spacial score (nSPS) is 13.5. The first-order chi connectivity index (χ1) is 29.0. The molecule has 0 spiro atoms. The minimum Gasteiger partial charge on any atom is -0.311 e. The average molecular weight is 774 g/mol. The van der Waals surface area contributed by atoms with Gasteiger partial charge in [0.1, 0.15) is 0 Å². The molecule has 2 aliphatic carbocycles. The summed E-state index contributed by atoms with van der Waals surface area (Å²) in [6.07, 6.45) is 6.92. The van der Waals surface area contributed by atoms with Gasteiger partial charge in [0, 0.05) is 37.4 Å². The second-order valence-electron chi connectivity index (χ2n) is 16.4. The highest BCUT2D eigenvalue weighted by Crippen LogP contribution is 2.51.